The number of halogens is 1. The minimum absolute atomic E-state index is 0.00463. The van der Waals surface area contributed by atoms with E-state index in [0.29, 0.717) is 28.8 Å². The Hall–Kier alpha value is -3.44. The number of carbonyl (C=O) groups is 2. The highest BCUT2D eigenvalue weighted by Crippen LogP contribution is 2.27. The van der Waals surface area contributed by atoms with Crippen LogP contribution >= 0.6 is 11.8 Å². The van der Waals surface area contributed by atoms with E-state index in [1.807, 2.05) is 11.5 Å². The second kappa shape index (κ2) is 11.6. The van der Waals surface area contributed by atoms with Gasteiger partial charge >= 0.3 is 0 Å². The Morgan fingerprint density at radius 1 is 1.15 bits per heavy atom. The standard InChI is InChI=1S/C23H26FN5O4S/c1-14(12-32-3)29-20(13-33-19-7-5-4-6-18(19)24)27-28-23(29)34-15(2)22(31)26-17-10-8-16(9-11-17)21(25)30/h4-11,14-15H,12-13H2,1-3H3,(H2,25,30)(H,26,31)/t14-,15-/m0/s1. The predicted octanol–water partition coefficient (Wildman–Crippen LogP) is 3.42. The predicted molar refractivity (Wildman–Crippen MR) is 126 cm³/mol. The maximum atomic E-state index is 13.9. The number of benzene rings is 2. The van der Waals surface area contributed by atoms with Gasteiger partial charge < -0.3 is 20.5 Å². The minimum atomic E-state index is -0.541. The molecule has 0 spiro atoms. The number of nitrogens with one attached hydrogen (secondary N) is 1. The van der Waals surface area contributed by atoms with Gasteiger partial charge in [0, 0.05) is 18.4 Å². The highest BCUT2D eigenvalue weighted by molar-refractivity contribution is 8.00. The Bertz CT molecular complexity index is 1140. The number of para-hydroxylation sites is 1. The zero-order chi connectivity index (χ0) is 24.7. The van der Waals surface area contributed by atoms with Crippen LogP contribution in [0.1, 0.15) is 36.1 Å². The summed E-state index contributed by atoms with van der Waals surface area (Å²) in [5.41, 5.74) is 6.13. The zero-order valence-corrected chi connectivity index (χ0v) is 19.8. The number of hydrogen-bond donors (Lipinski definition) is 2. The van der Waals surface area contributed by atoms with E-state index in [4.69, 9.17) is 15.2 Å². The number of carbonyl (C=O) groups excluding carboxylic acids is 2. The third-order valence-corrected chi connectivity index (χ3v) is 5.92. The van der Waals surface area contributed by atoms with Crippen LogP contribution < -0.4 is 15.8 Å². The van der Waals surface area contributed by atoms with Crippen molar-refractivity contribution in [2.75, 3.05) is 19.0 Å². The van der Waals surface area contributed by atoms with Crippen molar-refractivity contribution in [3.63, 3.8) is 0 Å². The smallest absolute Gasteiger partial charge is 0.248 e. The molecular formula is C23H26FN5O4S. The minimum Gasteiger partial charge on any atom is -0.483 e. The number of methoxy groups -OCH3 is 1. The number of nitrogens with two attached hydrogens (primary N) is 1. The quantitative estimate of drug-likeness (QED) is 0.398. The summed E-state index contributed by atoms with van der Waals surface area (Å²) in [7, 11) is 1.59. The van der Waals surface area contributed by atoms with Crippen LogP contribution in [0.25, 0.3) is 0 Å². The van der Waals surface area contributed by atoms with Crippen molar-refractivity contribution < 1.29 is 23.5 Å². The van der Waals surface area contributed by atoms with Crippen LogP contribution in [-0.4, -0.2) is 45.5 Å². The monoisotopic (exact) mass is 487 g/mol. The van der Waals surface area contributed by atoms with Gasteiger partial charge in [0.15, 0.2) is 22.5 Å². The summed E-state index contributed by atoms with van der Waals surface area (Å²) in [5, 5.41) is 11.2. The summed E-state index contributed by atoms with van der Waals surface area (Å²) in [6, 6.07) is 12.3. The molecule has 0 bridgehead atoms. The SMILES string of the molecule is COC[C@H](C)n1c(COc2ccccc2F)nnc1S[C@@H](C)C(=O)Nc1ccc(C(N)=O)cc1. The third kappa shape index (κ3) is 6.33. The molecule has 0 radical (unpaired) electrons. The second-order valence-electron chi connectivity index (χ2n) is 7.48. The molecule has 2 atom stereocenters. The first kappa shape index (κ1) is 25.2. The Morgan fingerprint density at radius 3 is 2.50 bits per heavy atom. The van der Waals surface area contributed by atoms with Gasteiger partial charge in [-0.3, -0.25) is 14.2 Å². The van der Waals surface area contributed by atoms with Crippen LogP contribution in [0.5, 0.6) is 5.75 Å². The molecule has 1 heterocycles. The molecular weight excluding hydrogens is 461 g/mol. The van der Waals surface area contributed by atoms with E-state index in [0.717, 1.165) is 0 Å². The van der Waals surface area contributed by atoms with Crippen LogP contribution in [0.2, 0.25) is 0 Å². The summed E-state index contributed by atoms with van der Waals surface area (Å²) in [5.74, 6) is -0.677. The van der Waals surface area contributed by atoms with Crippen molar-refractivity contribution in [2.45, 2.75) is 36.9 Å². The topological polar surface area (TPSA) is 121 Å². The van der Waals surface area contributed by atoms with Crippen LogP contribution in [0.15, 0.2) is 53.7 Å². The maximum absolute atomic E-state index is 13.9. The van der Waals surface area contributed by atoms with Gasteiger partial charge in [-0.05, 0) is 50.2 Å². The van der Waals surface area contributed by atoms with Crippen molar-refractivity contribution in [2.24, 2.45) is 5.73 Å². The van der Waals surface area contributed by atoms with Gasteiger partial charge in [-0.2, -0.15) is 0 Å². The number of nitrogens with zero attached hydrogens (tertiary/aromatic N) is 3. The molecule has 0 aliphatic carbocycles. The van der Waals surface area contributed by atoms with E-state index in [1.165, 1.54) is 23.9 Å². The van der Waals surface area contributed by atoms with Crippen molar-refractivity contribution >= 4 is 29.3 Å². The van der Waals surface area contributed by atoms with Gasteiger partial charge in [0.1, 0.15) is 6.61 Å². The molecule has 0 saturated carbocycles. The van der Waals surface area contributed by atoms with Crippen LogP contribution in [0.3, 0.4) is 0 Å². The van der Waals surface area contributed by atoms with Gasteiger partial charge in [-0.15, -0.1) is 10.2 Å². The number of thioether (sulfide) groups is 1. The Labute approximate surface area is 200 Å². The Balaban J connectivity index is 1.72. The molecule has 9 nitrogen and oxygen atoms in total. The lowest BCUT2D eigenvalue weighted by Crippen LogP contribution is -2.24. The van der Waals surface area contributed by atoms with Crippen LogP contribution in [0, 0.1) is 5.82 Å². The average Bonchev–Trinajstić information content (AvgIpc) is 3.21. The van der Waals surface area contributed by atoms with Gasteiger partial charge in [0.2, 0.25) is 11.8 Å². The van der Waals surface area contributed by atoms with E-state index in [1.54, 1.807) is 50.4 Å². The number of hydrogen-bond acceptors (Lipinski definition) is 7. The van der Waals surface area contributed by atoms with Gasteiger partial charge in [0.05, 0.1) is 17.9 Å². The average molecular weight is 488 g/mol. The van der Waals surface area contributed by atoms with Crippen molar-refractivity contribution in [1.29, 1.82) is 0 Å². The summed E-state index contributed by atoms with van der Waals surface area (Å²) < 4.78 is 26.6. The summed E-state index contributed by atoms with van der Waals surface area (Å²) >= 11 is 1.22. The molecule has 1 aromatic heterocycles. The second-order valence-corrected chi connectivity index (χ2v) is 8.79. The summed E-state index contributed by atoms with van der Waals surface area (Å²) in [6.07, 6.45) is 0. The maximum Gasteiger partial charge on any atom is 0.248 e. The molecule has 0 saturated heterocycles. The molecule has 34 heavy (non-hydrogen) atoms. The molecule has 2 aromatic carbocycles. The first-order chi connectivity index (χ1) is 16.3. The van der Waals surface area contributed by atoms with E-state index in [9.17, 15) is 14.0 Å². The largest absolute Gasteiger partial charge is 0.483 e. The molecule has 3 N–H and O–H groups in total. The first-order valence-corrected chi connectivity index (χ1v) is 11.4. The summed E-state index contributed by atoms with van der Waals surface area (Å²) in [6.45, 7) is 4.04. The molecule has 3 aromatic rings. The molecule has 0 aliphatic heterocycles. The Morgan fingerprint density at radius 2 is 1.85 bits per heavy atom. The van der Waals surface area contributed by atoms with Gasteiger partial charge in [-0.1, -0.05) is 23.9 Å². The normalized spacial score (nSPS) is 12.7. The highest BCUT2D eigenvalue weighted by atomic mass is 32.2. The van der Waals surface area contributed by atoms with E-state index in [-0.39, 0.29) is 24.3 Å². The number of ether oxygens (including phenoxy) is 2. The number of rotatable bonds is 11. The lowest BCUT2D eigenvalue weighted by molar-refractivity contribution is -0.115. The Kier molecular flexibility index (Phi) is 8.61. The first-order valence-electron chi connectivity index (χ1n) is 10.5. The van der Waals surface area contributed by atoms with Crippen LogP contribution in [-0.2, 0) is 16.1 Å². The third-order valence-electron chi connectivity index (χ3n) is 4.87. The van der Waals surface area contributed by atoms with Crippen LogP contribution in [0.4, 0.5) is 10.1 Å². The molecule has 0 fully saturated rings. The molecule has 11 heteroatoms. The van der Waals surface area contributed by atoms with Crippen molar-refractivity contribution in [3.8, 4) is 5.75 Å². The molecule has 180 valence electrons. The number of amides is 2. The fraction of sp³-hybridized carbons (Fsp3) is 0.304. The molecule has 3 rings (SSSR count). The van der Waals surface area contributed by atoms with E-state index < -0.39 is 17.0 Å². The van der Waals surface area contributed by atoms with Gasteiger partial charge in [-0.25, -0.2) is 4.39 Å². The van der Waals surface area contributed by atoms with Crippen molar-refractivity contribution in [1.82, 2.24) is 14.8 Å². The fourth-order valence-electron chi connectivity index (χ4n) is 3.12. The molecule has 0 aliphatic rings. The van der Waals surface area contributed by atoms with E-state index in [2.05, 4.69) is 15.5 Å². The lowest BCUT2D eigenvalue weighted by Gasteiger charge is -2.19. The fourth-order valence-corrected chi connectivity index (χ4v) is 4.09. The molecule has 2 amide bonds. The number of anilines is 1. The lowest BCUT2D eigenvalue weighted by atomic mass is 10.2. The summed E-state index contributed by atoms with van der Waals surface area (Å²) in [4.78, 5) is 23.9. The number of primary amides is 1. The highest BCUT2D eigenvalue weighted by Gasteiger charge is 2.23. The number of aromatic nitrogens is 3. The van der Waals surface area contributed by atoms with E-state index >= 15 is 0 Å². The van der Waals surface area contributed by atoms with Crippen molar-refractivity contribution in [3.05, 3.63) is 65.7 Å². The molecule has 0 unspecified atom stereocenters. The zero-order valence-electron chi connectivity index (χ0n) is 19.0. The van der Waals surface area contributed by atoms with Gasteiger partial charge in [0.25, 0.3) is 0 Å².